The molecule has 2 N–H and O–H groups in total. The van der Waals surface area contributed by atoms with Crippen LogP contribution in [0.1, 0.15) is 63.6 Å². The zero-order valence-corrected chi connectivity index (χ0v) is 14.4. The average Bonchev–Trinajstić information content (AvgIpc) is 3.11. The maximum absolute atomic E-state index is 12.8. The zero-order chi connectivity index (χ0) is 16.7. The highest BCUT2D eigenvalue weighted by atomic mass is 16.3. The van der Waals surface area contributed by atoms with Crippen LogP contribution in [0.15, 0.2) is 12.4 Å². The maximum atomic E-state index is 12.8. The SMILES string of the molecule is Cn1ccnc1C1(O)C[C@H]2CC[C@@H](C1)N2C(=O)NC1CCCCC1. The molecule has 3 fully saturated rings. The number of nitrogens with zero attached hydrogens (tertiary/aromatic N) is 3. The standard InChI is InChI=1S/C18H28N4O2/c1-21-10-9-19-16(21)18(24)11-14-7-8-15(12-18)22(14)17(23)20-13-5-3-2-4-6-13/h9-10,13-15,24H,2-8,11-12H2,1H3,(H,20,23)/t14-,15+,18?. The van der Waals surface area contributed by atoms with E-state index in [-0.39, 0.29) is 18.1 Å². The number of hydrogen-bond donors (Lipinski definition) is 2. The van der Waals surface area contributed by atoms with Crippen LogP contribution in [0.5, 0.6) is 0 Å². The lowest BCUT2D eigenvalue weighted by molar-refractivity contribution is -0.0521. The van der Waals surface area contributed by atoms with E-state index in [4.69, 9.17) is 0 Å². The number of urea groups is 1. The van der Waals surface area contributed by atoms with Crippen molar-refractivity contribution in [2.75, 3.05) is 0 Å². The van der Waals surface area contributed by atoms with E-state index in [0.29, 0.717) is 18.9 Å². The second kappa shape index (κ2) is 6.06. The smallest absolute Gasteiger partial charge is 0.318 e. The molecule has 1 aromatic rings. The number of aryl methyl sites for hydroxylation is 1. The lowest BCUT2D eigenvalue weighted by atomic mass is 9.85. The van der Waals surface area contributed by atoms with Gasteiger partial charge in [0.1, 0.15) is 11.4 Å². The molecule has 2 bridgehead atoms. The molecule has 132 valence electrons. The van der Waals surface area contributed by atoms with E-state index in [9.17, 15) is 9.90 Å². The lowest BCUT2D eigenvalue weighted by Gasteiger charge is -2.43. The van der Waals surface area contributed by atoms with Crippen molar-refractivity contribution in [3.63, 3.8) is 0 Å². The first-order chi connectivity index (χ1) is 11.6. The molecule has 0 spiro atoms. The van der Waals surface area contributed by atoms with Gasteiger partial charge in [0.2, 0.25) is 0 Å². The fourth-order valence-electron chi connectivity index (χ4n) is 5.05. The van der Waals surface area contributed by atoms with Crippen LogP contribution in [0.3, 0.4) is 0 Å². The first-order valence-electron chi connectivity index (χ1n) is 9.36. The molecule has 3 atom stereocenters. The van der Waals surface area contributed by atoms with E-state index in [0.717, 1.165) is 31.5 Å². The molecule has 2 amide bonds. The molecule has 3 aliphatic rings. The molecule has 6 nitrogen and oxygen atoms in total. The van der Waals surface area contributed by atoms with Crippen LogP contribution in [0.4, 0.5) is 4.79 Å². The third-order valence-corrected chi connectivity index (χ3v) is 6.17. The van der Waals surface area contributed by atoms with Gasteiger partial charge in [0.05, 0.1) is 0 Å². The Kier molecular flexibility index (Phi) is 4.03. The molecular weight excluding hydrogens is 304 g/mol. The van der Waals surface area contributed by atoms with E-state index in [2.05, 4.69) is 10.3 Å². The third kappa shape index (κ3) is 2.70. The number of imidazole rings is 1. The number of carbonyl (C=O) groups is 1. The minimum Gasteiger partial charge on any atom is -0.382 e. The fourth-order valence-corrected chi connectivity index (χ4v) is 5.05. The minimum absolute atomic E-state index is 0.0799. The van der Waals surface area contributed by atoms with Gasteiger partial charge in [-0.15, -0.1) is 0 Å². The Bertz CT molecular complexity index is 594. The van der Waals surface area contributed by atoms with Gasteiger partial charge in [-0.3, -0.25) is 0 Å². The van der Waals surface area contributed by atoms with E-state index in [1.165, 1.54) is 19.3 Å². The second-order valence-corrected chi connectivity index (χ2v) is 7.88. The van der Waals surface area contributed by atoms with Gasteiger partial charge in [-0.2, -0.15) is 0 Å². The number of rotatable bonds is 2. The van der Waals surface area contributed by atoms with Crippen molar-refractivity contribution in [3.05, 3.63) is 18.2 Å². The van der Waals surface area contributed by atoms with E-state index in [1.54, 1.807) is 6.20 Å². The Hall–Kier alpha value is -1.56. The Morgan fingerprint density at radius 2 is 1.88 bits per heavy atom. The number of hydrogen-bond acceptors (Lipinski definition) is 3. The first kappa shape index (κ1) is 15.9. The number of fused-ring (bicyclic) bond motifs is 2. The van der Waals surface area contributed by atoms with Gasteiger partial charge in [-0.25, -0.2) is 9.78 Å². The molecule has 2 aliphatic heterocycles. The monoisotopic (exact) mass is 332 g/mol. The summed E-state index contributed by atoms with van der Waals surface area (Å²) in [5.74, 6) is 0.728. The number of piperidine rings is 1. The summed E-state index contributed by atoms with van der Waals surface area (Å²) in [7, 11) is 1.92. The summed E-state index contributed by atoms with van der Waals surface area (Å²) in [4.78, 5) is 19.2. The topological polar surface area (TPSA) is 70.4 Å². The summed E-state index contributed by atoms with van der Waals surface area (Å²) in [6, 6.07) is 0.653. The predicted molar refractivity (Wildman–Crippen MR) is 90.4 cm³/mol. The Labute approximate surface area is 143 Å². The molecule has 1 unspecified atom stereocenters. The van der Waals surface area contributed by atoms with Gasteiger partial charge in [-0.05, 0) is 25.7 Å². The summed E-state index contributed by atoms with van der Waals surface area (Å²) in [5, 5.41) is 14.4. The van der Waals surface area contributed by atoms with Gasteiger partial charge >= 0.3 is 6.03 Å². The third-order valence-electron chi connectivity index (χ3n) is 6.17. The quantitative estimate of drug-likeness (QED) is 0.873. The summed E-state index contributed by atoms with van der Waals surface area (Å²) >= 11 is 0. The predicted octanol–water partition coefficient (Wildman–Crippen LogP) is 2.28. The molecule has 6 heteroatoms. The minimum atomic E-state index is -0.911. The highest BCUT2D eigenvalue weighted by Crippen LogP contribution is 2.45. The summed E-state index contributed by atoms with van der Waals surface area (Å²) in [6.07, 6.45) is 12.7. The van der Waals surface area contributed by atoms with Crippen LogP contribution in [-0.4, -0.2) is 43.7 Å². The Balaban J connectivity index is 1.47. The Morgan fingerprint density at radius 1 is 1.21 bits per heavy atom. The maximum Gasteiger partial charge on any atom is 0.318 e. The molecule has 4 rings (SSSR count). The molecule has 2 saturated heterocycles. The van der Waals surface area contributed by atoms with Crippen molar-refractivity contribution >= 4 is 6.03 Å². The molecule has 1 aromatic heterocycles. The van der Waals surface area contributed by atoms with Crippen molar-refractivity contribution in [2.45, 2.75) is 81.5 Å². The van der Waals surface area contributed by atoms with Crippen molar-refractivity contribution in [1.29, 1.82) is 0 Å². The number of aromatic nitrogens is 2. The highest BCUT2D eigenvalue weighted by molar-refractivity contribution is 5.76. The molecule has 24 heavy (non-hydrogen) atoms. The van der Waals surface area contributed by atoms with E-state index < -0.39 is 5.60 Å². The summed E-state index contributed by atoms with van der Waals surface area (Å²) in [5.41, 5.74) is -0.911. The average molecular weight is 332 g/mol. The van der Waals surface area contributed by atoms with Gasteiger partial charge in [0.15, 0.2) is 0 Å². The van der Waals surface area contributed by atoms with Crippen LogP contribution in [0.25, 0.3) is 0 Å². The number of amides is 2. The lowest BCUT2D eigenvalue weighted by Crippen LogP contribution is -2.56. The molecule has 0 aromatic carbocycles. The molecule has 0 radical (unpaired) electrons. The van der Waals surface area contributed by atoms with Crippen molar-refractivity contribution in [3.8, 4) is 0 Å². The van der Waals surface area contributed by atoms with Crippen LogP contribution in [0, 0.1) is 0 Å². The first-order valence-corrected chi connectivity index (χ1v) is 9.36. The molecule has 1 aliphatic carbocycles. The fraction of sp³-hybridized carbons (Fsp3) is 0.778. The summed E-state index contributed by atoms with van der Waals surface area (Å²) in [6.45, 7) is 0. The van der Waals surface area contributed by atoms with Gasteiger partial charge in [0, 0.05) is 50.4 Å². The van der Waals surface area contributed by atoms with Crippen LogP contribution in [0.2, 0.25) is 0 Å². The number of aliphatic hydroxyl groups is 1. The van der Waals surface area contributed by atoms with Crippen LogP contribution < -0.4 is 5.32 Å². The normalized spacial score (nSPS) is 33.7. The van der Waals surface area contributed by atoms with Gasteiger partial charge in [-0.1, -0.05) is 19.3 Å². The van der Waals surface area contributed by atoms with E-state index >= 15 is 0 Å². The second-order valence-electron chi connectivity index (χ2n) is 7.88. The van der Waals surface area contributed by atoms with Gasteiger partial charge in [0.25, 0.3) is 0 Å². The number of carbonyl (C=O) groups excluding carboxylic acids is 1. The summed E-state index contributed by atoms with van der Waals surface area (Å²) < 4.78 is 1.90. The zero-order valence-electron chi connectivity index (χ0n) is 14.4. The van der Waals surface area contributed by atoms with Crippen molar-refractivity contribution in [2.24, 2.45) is 7.05 Å². The Morgan fingerprint density at radius 3 is 2.46 bits per heavy atom. The molecular formula is C18H28N4O2. The van der Waals surface area contributed by atoms with Gasteiger partial charge < -0.3 is 19.9 Å². The number of nitrogens with one attached hydrogen (secondary N) is 1. The highest BCUT2D eigenvalue weighted by Gasteiger charge is 2.51. The molecule has 1 saturated carbocycles. The van der Waals surface area contributed by atoms with Crippen molar-refractivity contribution < 1.29 is 9.90 Å². The van der Waals surface area contributed by atoms with Crippen LogP contribution >= 0.6 is 0 Å². The van der Waals surface area contributed by atoms with Crippen molar-refractivity contribution in [1.82, 2.24) is 19.8 Å². The largest absolute Gasteiger partial charge is 0.382 e. The molecule has 3 heterocycles. The van der Waals surface area contributed by atoms with Crippen LogP contribution in [-0.2, 0) is 12.6 Å². The van der Waals surface area contributed by atoms with E-state index in [1.807, 2.05) is 22.7 Å².